The van der Waals surface area contributed by atoms with Crippen molar-refractivity contribution in [2.24, 2.45) is 0 Å². The molecule has 1 heterocycles. The van der Waals surface area contributed by atoms with E-state index in [1.807, 2.05) is 44.2 Å². The number of nitrogens with zero attached hydrogens (tertiary/aromatic N) is 2. The lowest BCUT2D eigenvalue weighted by molar-refractivity contribution is -0.123. The van der Waals surface area contributed by atoms with Crippen LogP contribution in [0.25, 0.3) is 0 Å². The molecule has 0 N–H and O–H groups in total. The highest BCUT2D eigenvalue weighted by Gasteiger charge is 2.40. The summed E-state index contributed by atoms with van der Waals surface area (Å²) >= 11 is 0. The lowest BCUT2D eigenvalue weighted by Gasteiger charge is -2.34. The van der Waals surface area contributed by atoms with Crippen LogP contribution in [0.5, 0.6) is 0 Å². The zero-order valence-corrected chi connectivity index (χ0v) is 9.46. The van der Waals surface area contributed by atoms with Gasteiger partial charge in [-0.2, -0.15) is 0 Å². The van der Waals surface area contributed by atoms with E-state index in [1.165, 1.54) is 0 Å². The average molecular weight is 219 g/mol. The second kappa shape index (κ2) is 3.88. The van der Waals surface area contributed by atoms with E-state index in [-0.39, 0.29) is 0 Å². The molecule has 0 spiro atoms. The van der Waals surface area contributed by atoms with Gasteiger partial charge in [-0.15, -0.1) is 0 Å². The Morgan fingerprint density at radius 1 is 1.38 bits per heavy atom. The molecule has 0 aliphatic carbocycles. The average Bonchev–Trinajstić information content (AvgIpc) is 2.48. The zero-order chi connectivity index (χ0) is 11.8. The van der Waals surface area contributed by atoms with E-state index in [4.69, 9.17) is 0 Å². The van der Waals surface area contributed by atoms with Gasteiger partial charge in [0.25, 0.3) is 0 Å². The van der Waals surface area contributed by atoms with Crippen LogP contribution in [0, 0.1) is 5.21 Å². The van der Waals surface area contributed by atoms with Gasteiger partial charge in [0.15, 0.2) is 0 Å². The lowest BCUT2D eigenvalue weighted by atomic mass is 10.1. The van der Waals surface area contributed by atoms with Gasteiger partial charge in [0, 0.05) is 6.54 Å². The standard InChI is InChI=1S/C12H15N2O2/c1-12(2)8-14(16)11(13(12)9-15)10-6-4-3-5-7-10/h3-7,9,11H,8H2,1-2H3/q-1. The molecule has 4 heteroatoms. The molecule has 0 bridgehead atoms. The van der Waals surface area contributed by atoms with E-state index in [9.17, 15) is 10.0 Å². The fourth-order valence-corrected chi connectivity index (χ4v) is 2.17. The van der Waals surface area contributed by atoms with Crippen molar-refractivity contribution in [1.82, 2.24) is 9.96 Å². The summed E-state index contributed by atoms with van der Waals surface area (Å²) in [7, 11) is 0. The van der Waals surface area contributed by atoms with Crippen LogP contribution < -0.4 is 0 Å². The van der Waals surface area contributed by atoms with Crippen molar-refractivity contribution in [1.29, 1.82) is 0 Å². The quantitative estimate of drug-likeness (QED) is 0.712. The van der Waals surface area contributed by atoms with Gasteiger partial charge in [-0.05, 0) is 19.4 Å². The van der Waals surface area contributed by atoms with E-state index in [2.05, 4.69) is 0 Å². The van der Waals surface area contributed by atoms with Gasteiger partial charge in [-0.1, -0.05) is 30.3 Å². The number of hydrogen-bond acceptors (Lipinski definition) is 3. The Morgan fingerprint density at radius 3 is 2.56 bits per heavy atom. The number of carbonyl (C=O) groups is 1. The Bertz CT molecular complexity index is 378. The first kappa shape index (κ1) is 11.1. The minimum atomic E-state index is -0.492. The van der Waals surface area contributed by atoms with Crippen molar-refractivity contribution in [2.45, 2.75) is 25.6 Å². The number of rotatable bonds is 2. The number of carbonyl (C=O) groups excluding carboxylic acids is 1. The number of amides is 1. The molecule has 1 fully saturated rings. The first-order valence-corrected chi connectivity index (χ1v) is 5.29. The minimum Gasteiger partial charge on any atom is -0.783 e. The highest BCUT2D eigenvalue weighted by atomic mass is 16.5. The predicted octanol–water partition coefficient (Wildman–Crippen LogP) is 1.74. The van der Waals surface area contributed by atoms with Crippen molar-refractivity contribution in [3.8, 4) is 0 Å². The molecule has 2 rings (SSSR count). The van der Waals surface area contributed by atoms with Gasteiger partial charge in [0.2, 0.25) is 6.41 Å². The van der Waals surface area contributed by atoms with Gasteiger partial charge in [-0.3, -0.25) is 4.79 Å². The van der Waals surface area contributed by atoms with Crippen molar-refractivity contribution in [2.75, 3.05) is 6.54 Å². The Hall–Kier alpha value is -1.39. The molecule has 1 atom stereocenters. The van der Waals surface area contributed by atoms with E-state index in [1.54, 1.807) is 4.90 Å². The summed E-state index contributed by atoms with van der Waals surface area (Å²) in [5, 5.41) is 12.8. The van der Waals surface area contributed by atoms with Crippen LogP contribution in [0.15, 0.2) is 30.3 Å². The molecule has 16 heavy (non-hydrogen) atoms. The first-order chi connectivity index (χ1) is 7.56. The molecule has 0 saturated carbocycles. The summed E-state index contributed by atoms with van der Waals surface area (Å²) < 4.78 is 0. The van der Waals surface area contributed by atoms with E-state index in [0.717, 1.165) is 17.0 Å². The fraction of sp³-hybridized carbons (Fsp3) is 0.417. The summed E-state index contributed by atoms with van der Waals surface area (Å²) in [4.78, 5) is 12.7. The monoisotopic (exact) mass is 219 g/mol. The summed E-state index contributed by atoms with van der Waals surface area (Å²) in [5.74, 6) is 0. The summed E-state index contributed by atoms with van der Waals surface area (Å²) in [6.45, 7) is 4.13. The topological polar surface area (TPSA) is 46.6 Å². The SMILES string of the molecule is CC1(C)CN([O-])C(c2ccccc2)N1C=O. The smallest absolute Gasteiger partial charge is 0.211 e. The first-order valence-electron chi connectivity index (χ1n) is 5.29. The third-order valence-electron chi connectivity index (χ3n) is 2.99. The van der Waals surface area contributed by atoms with Crippen molar-refractivity contribution < 1.29 is 4.79 Å². The summed E-state index contributed by atoms with van der Waals surface area (Å²) in [6, 6.07) is 9.37. The Kier molecular flexibility index (Phi) is 2.69. The Morgan fingerprint density at radius 2 is 2.00 bits per heavy atom. The zero-order valence-electron chi connectivity index (χ0n) is 9.46. The molecule has 4 nitrogen and oxygen atoms in total. The largest absolute Gasteiger partial charge is 0.783 e. The van der Waals surface area contributed by atoms with Crippen LogP contribution in [0.3, 0.4) is 0 Å². The molecule has 1 aromatic rings. The van der Waals surface area contributed by atoms with Crippen LogP contribution in [0.1, 0.15) is 25.6 Å². The number of benzene rings is 1. The van der Waals surface area contributed by atoms with Crippen LogP contribution in [0.2, 0.25) is 0 Å². The summed E-state index contributed by atoms with van der Waals surface area (Å²) in [5.41, 5.74) is 0.444. The van der Waals surface area contributed by atoms with E-state index >= 15 is 0 Å². The van der Waals surface area contributed by atoms with Gasteiger partial charge < -0.3 is 15.2 Å². The molecular weight excluding hydrogens is 204 g/mol. The maximum absolute atomic E-state index is 11.9. The van der Waals surface area contributed by atoms with Crippen LogP contribution in [-0.4, -0.2) is 28.5 Å². The maximum atomic E-state index is 11.9. The maximum Gasteiger partial charge on any atom is 0.211 e. The lowest BCUT2D eigenvalue weighted by Crippen LogP contribution is -2.40. The molecule has 86 valence electrons. The second-order valence-corrected chi connectivity index (χ2v) is 4.68. The molecule has 0 radical (unpaired) electrons. The van der Waals surface area contributed by atoms with Crippen molar-refractivity contribution >= 4 is 6.41 Å². The van der Waals surface area contributed by atoms with Gasteiger partial charge in [-0.25, -0.2) is 0 Å². The molecule has 1 aliphatic rings. The third-order valence-corrected chi connectivity index (χ3v) is 2.99. The van der Waals surface area contributed by atoms with Gasteiger partial charge in [0.1, 0.15) is 0 Å². The minimum absolute atomic E-state index is 0.339. The normalized spacial score (nSPS) is 24.7. The fourth-order valence-electron chi connectivity index (χ4n) is 2.17. The highest BCUT2D eigenvalue weighted by molar-refractivity contribution is 5.51. The van der Waals surface area contributed by atoms with Crippen LogP contribution in [-0.2, 0) is 4.79 Å². The summed E-state index contributed by atoms with van der Waals surface area (Å²) in [6.07, 6.45) is 0.268. The van der Waals surface area contributed by atoms with Gasteiger partial charge >= 0.3 is 0 Å². The Labute approximate surface area is 95.0 Å². The van der Waals surface area contributed by atoms with E-state index < -0.39 is 11.7 Å². The predicted molar refractivity (Wildman–Crippen MR) is 61.2 cm³/mol. The number of hydrogen-bond donors (Lipinski definition) is 0. The Balaban J connectivity index is 2.37. The van der Waals surface area contributed by atoms with Gasteiger partial charge in [0.05, 0.1) is 11.7 Å². The van der Waals surface area contributed by atoms with Crippen LogP contribution in [0.4, 0.5) is 0 Å². The molecule has 1 amide bonds. The molecule has 1 unspecified atom stereocenters. The van der Waals surface area contributed by atoms with Crippen LogP contribution >= 0.6 is 0 Å². The van der Waals surface area contributed by atoms with E-state index in [0.29, 0.717) is 6.54 Å². The molecule has 0 aromatic heterocycles. The third kappa shape index (κ3) is 1.70. The molecular formula is C12H15N2O2-. The molecule has 1 aliphatic heterocycles. The second-order valence-electron chi connectivity index (χ2n) is 4.68. The molecule has 1 aromatic carbocycles. The highest BCUT2D eigenvalue weighted by Crippen LogP contribution is 2.36. The van der Waals surface area contributed by atoms with Crippen molar-refractivity contribution in [3.05, 3.63) is 41.1 Å². The number of hydroxylamine groups is 2. The molecule has 1 saturated heterocycles. The van der Waals surface area contributed by atoms with Crippen molar-refractivity contribution in [3.63, 3.8) is 0 Å².